The van der Waals surface area contributed by atoms with Gasteiger partial charge in [-0.1, -0.05) is 30.3 Å². The maximum Gasteiger partial charge on any atom is 0.421 e. The monoisotopic (exact) mass is 302 g/mol. The summed E-state index contributed by atoms with van der Waals surface area (Å²) >= 11 is 0. The molecule has 1 aromatic carbocycles. The third-order valence-corrected chi connectivity index (χ3v) is 3.44. The SMILES string of the molecule is CCOC(=O)NS(=O)(=O)N[C@@H](CO)Cc1ccccc1. The van der Waals surface area contributed by atoms with Crippen LogP contribution in [0.3, 0.4) is 0 Å². The molecule has 0 aliphatic rings. The van der Waals surface area contributed by atoms with Gasteiger partial charge in [-0.3, -0.25) is 0 Å². The van der Waals surface area contributed by atoms with Crippen molar-refractivity contribution in [2.75, 3.05) is 13.2 Å². The molecule has 0 saturated heterocycles. The van der Waals surface area contributed by atoms with Crippen molar-refractivity contribution < 1.29 is 23.1 Å². The molecule has 0 unspecified atom stereocenters. The molecule has 0 aliphatic heterocycles. The topological polar surface area (TPSA) is 105 Å². The van der Waals surface area contributed by atoms with Gasteiger partial charge < -0.3 is 9.84 Å². The summed E-state index contributed by atoms with van der Waals surface area (Å²) in [6.45, 7) is 1.24. The van der Waals surface area contributed by atoms with Crippen LogP contribution in [0.5, 0.6) is 0 Å². The van der Waals surface area contributed by atoms with Crippen LogP contribution in [0.2, 0.25) is 0 Å². The number of amides is 1. The van der Waals surface area contributed by atoms with Crippen molar-refractivity contribution in [3.63, 3.8) is 0 Å². The lowest BCUT2D eigenvalue weighted by Crippen LogP contribution is -2.47. The van der Waals surface area contributed by atoms with Gasteiger partial charge in [0.25, 0.3) is 0 Å². The third kappa shape index (κ3) is 6.00. The molecule has 112 valence electrons. The van der Waals surface area contributed by atoms with E-state index in [-0.39, 0.29) is 6.61 Å². The van der Waals surface area contributed by atoms with Crippen molar-refractivity contribution in [2.45, 2.75) is 19.4 Å². The second-order valence-electron chi connectivity index (χ2n) is 4.01. The van der Waals surface area contributed by atoms with Gasteiger partial charge in [-0.25, -0.2) is 9.52 Å². The summed E-state index contributed by atoms with van der Waals surface area (Å²) in [6, 6.07) is 8.36. The maximum absolute atomic E-state index is 11.6. The number of carbonyl (C=O) groups excluding carboxylic acids is 1. The van der Waals surface area contributed by atoms with Crippen molar-refractivity contribution in [1.82, 2.24) is 9.44 Å². The number of nitrogens with one attached hydrogen (secondary N) is 2. The zero-order valence-electron chi connectivity index (χ0n) is 11.1. The minimum atomic E-state index is -4.07. The molecule has 20 heavy (non-hydrogen) atoms. The van der Waals surface area contributed by atoms with Crippen molar-refractivity contribution in [2.24, 2.45) is 0 Å². The number of aliphatic hydroxyl groups excluding tert-OH is 1. The van der Waals surface area contributed by atoms with Gasteiger partial charge in [-0.2, -0.15) is 13.1 Å². The fourth-order valence-corrected chi connectivity index (χ4v) is 2.50. The molecule has 0 heterocycles. The van der Waals surface area contributed by atoms with Gasteiger partial charge in [0.2, 0.25) is 0 Å². The van der Waals surface area contributed by atoms with Crippen molar-refractivity contribution in [3.05, 3.63) is 35.9 Å². The van der Waals surface area contributed by atoms with E-state index in [1.54, 1.807) is 11.6 Å². The quantitative estimate of drug-likeness (QED) is 0.666. The Morgan fingerprint density at radius 1 is 1.35 bits per heavy atom. The van der Waals surface area contributed by atoms with Crippen LogP contribution in [0.15, 0.2) is 30.3 Å². The standard InChI is InChI=1S/C12H18N2O5S/c1-2-19-12(16)14-20(17,18)13-11(9-15)8-10-6-4-3-5-7-10/h3-7,11,13,15H,2,8-9H2,1H3,(H,14,16)/t11-/m1/s1. The summed E-state index contributed by atoms with van der Waals surface area (Å²) in [7, 11) is -4.07. The van der Waals surface area contributed by atoms with E-state index in [2.05, 4.69) is 9.46 Å². The predicted octanol–water partition coefficient (Wildman–Crippen LogP) is 0.171. The Balaban J connectivity index is 2.61. The van der Waals surface area contributed by atoms with Crippen LogP contribution in [-0.2, 0) is 21.4 Å². The van der Waals surface area contributed by atoms with E-state index in [1.165, 1.54) is 0 Å². The molecule has 7 nitrogen and oxygen atoms in total. The fraction of sp³-hybridized carbons (Fsp3) is 0.417. The van der Waals surface area contributed by atoms with Gasteiger partial charge in [-0.15, -0.1) is 0 Å². The second-order valence-corrected chi connectivity index (χ2v) is 5.46. The van der Waals surface area contributed by atoms with Crippen LogP contribution in [0.1, 0.15) is 12.5 Å². The molecule has 3 N–H and O–H groups in total. The van der Waals surface area contributed by atoms with Crippen LogP contribution in [0.4, 0.5) is 4.79 Å². The number of benzene rings is 1. The minimum absolute atomic E-state index is 0.0643. The van der Waals surface area contributed by atoms with Crippen LogP contribution in [0.25, 0.3) is 0 Å². The summed E-state index contributed by atoms with van der Waals surface area (Å²) in [6.07, 6.45) is -0.752. The summed E-state index contributed by atoms with van der Waals surface area (Å²) < 4.78 is 31.6. The van der Waals surface area contributed by atoms with E-state index >= 15 is 0 Å². The minimum Gasteiger partial charge on any atom is -0.449 e. The molecule has 1 rings (SSSR count). The molecule has 1 amide bonds. The average Bonchev–Trinajstić information content (AvgIpc) is 2.38. The maximum atomic E-state index is 11.6. The first-order chi connectivity index (χ1) is 9.46. The van der Waals surface area contributed by atoms with E-state index in [0.717, 1.165) is 5.56 Å². The molecule has 0 fully saturated rings. The predicted molar refractivity (Wildman–Crippen MR) is 73.2 cm³/mol. The highest BCUT2D eigenvalue weighted by molar-refractivity contribution is 7.88. The number of rotatable bonds is 7. The zero-order chi connectivity index (χ0) is 15.0. The smallest absolute Gasteiger partial charge is 0.421 e. The Morgan fingerprint density at radius 2 is 2.00 bits per heavy atom. The summed E-state index contributed by atoms with van der Waals surface area (Å²) in [4.78, 5) is 11.1. The van der Waals surface area contributed by atoms with Crippen LogP contribution < -0.4 is 9.44 Å². The van der Waals surface area contributed by atoms with E-state index in [1.807, 2.05) is 30.3 Å². The Labute approximate surface area is 118 Å². The summed E-state index contributed by atoms with van der Waals surface area (Å²) in [5.41, 5.74) is 0.866. The van der Waals surface area contributed by atoms with Crippen molar-refractivity contribution in [3.8, 4) is 0 Å². The second kappa shape index (κ2) is 7.83. The van der Waals surface area contributed by atoms with Crippen molar-refractivity contribution >= 4 is 16.3 Å². The fourth-order valence-electron chi connectivity index (χ4n) is 1.56. The number of carbonyl (C=O) groups is 1. The Hall–Kier alpha value is -1.64. The molecule has 0 aromatic heterocycles. The van der Waals surface area contributed by atoms with E-state index < -0.39 is 29.0 Å². The number of hydrogen-bond acceptors (Lipinski definition) is 5. The van der Waals surface area contributed by atoms with Gasteiger partial charge in [0.05, 0.1) is 19.3 Å². The van der Waals surface area contributed by atoms with Gasteiger partial charge in [0.1, 0.15) is 0 Å². The summed E-state index contributed by atoms with van der Waals surface area (Å²) in [5, 5.41) is 9.22. The van der Waals surface area contributed by atoms with Gasteiger partial charge in [-0.05, 0) is 18.9 Å². The first kappa shape index (κ1) is 16.4. The molecular formula is C12H18N2O5S. The van der Waals surface area contributed by atoms with Crippen LogP contribution >= 0.6 is 0 Å². The summed E-state index contributed by atoms with van der Waals surface area (Å²) in [5.74, 6) is 0. The van der Waals surface area contributed by atoms with E-state index in [4.69, 9.17) is 0 Å². The molecular weight excluding hydrogens is 284 g/mol. The largest absolute Gasteiger partial charge is 0.449 e. The lowest BCUT2D eigenvalue weighted by atomic mass is 10.1. The first-order valence-electron chi connectivity index (χ1n) is 6.08. The number of aliphatic hydroxyl groups is 1. The molecule has 0 aliphatic carbocycles. The molecule has 0 spiro atoms. The Kier molecular flexibility index (Phi) is 6.43. The molecule has 0 radical (unpaired) electrons. The van der Waals surface area contributed by atoms with Crippen LogP contribution in [-0.4, -0.2) is 38.9 Å². The zero-order valence-corrected chi connectivity index (χ0v) is 11.9. The first-order valence-corrected chi connectivity index (χ1v) is 7.56. The average molecular weight is 302 g/mol. The highest BCUT2D eigenvalue weighted by Gasteiger charge is 2.20. The van der Waals surface area contributed by atoms with Crippen molar-refractivity contribution in [1.29, 1.82) is 0 Å². The molecule has 0 bridgehead atoms. The Bertz CT molecular complexity index is 518. The Morgan fingerprint density at radius 3 is 2.55 bits per heavy atom. The van der Waals surface area contributed by atoms with Gasteiger partial charge in [0.15, 0.2) is 0 Å². The highest BCUT2D eigenvalue weighted by atomic mass is 32.2. The molecule has 0 saturated carbocycles. The highest BCUT2D eigenvalue weighted by Crippen LogP contribution is 2.03. The van der Waals surface area contributed by atoms with Gasteiger partial charge >= 0.3 is 16.3 Å². The normalized spacial score (nSPS) is 12.7. The van der Waals surface area contributed by atoms with Crippen LogP contribution in [0, 0.1) is 0 Å². The van der Waals surface area contributed by atoms with E-state index in [9.17, 15) is 18.3 Å². The third-order valence-electron chi connectivity index (χ3n) is 2.36. The molecule has 1 aromatic rings. The lowest BCUT2D eigenvalue weighted by molar-refractivity contribution is 0.158. The van der Waals surface area contributed by atoms with Gasteiger partial charge in [0, 0.05) is 0 Å². The molecule has 8 heteroatoms. The number of hydrogen-bond donors (Lipinski definition) is 3. The molecule has 1 atom stereocenters. The lowest BCUT2D eigenvalue weighted by Gasteiger charge is -2.16. The van der Waals surface area contributed by atoms with E-state index in [0.29, 0.717) is 6.42 Å². The number of ether oxygens (including phenoxy) is 1.